The van der Waals surface area contributed by atoms with Crippen LogP contribution in [0, 0.1) is 0 Å². The summed E-state index contributed by atoms with van der Waals surface area (Å²) in [4.78, 5) is 32.8. The standard InChI is InChI=1S/C13H15BrN2O5/c14-9-2-1-3-10(6-9)21-5-4-11(17)15-7-12(18)16-8-13(19)20/h1-3,6H,4-5,7-8H2,(H,15,17)(H,16,18)(H,19,20). The van der Waals surface area contributed by atoms with Crippen molar-refractivity contribution in [1.29, 1.82) is 0 Å². The fraction of sp³-hybridized carbons (Fsp3) is 0.308. The van der Waals surface area contributed by atoms with Gasteiger partial charge in [-0.3, -0.25) is 14.4 Å². The summed E-state index contributed by atoms with van der Waals surface area (Å²) in [6, 6.07) is 7.21. The van der Waals surface area contributed by atoms with Crippen LogP contribution in [0.2, 0.25) is 0 Å². The molecule has 0 saturated carbocycles. The molecule has 0 spiro atoms. The predicted octanol–water partition coefficient (Wildman–Crippen LogP) is 0.535. The first-order valence-corrected chi connectivity index (χ1v) is 6.90. The highest BCUT2D eigenvalue weighted by Gasteiger charge is 2.07. The molecule has 0 aliphatic heterocycles. The van der Waals surface area contributed by atoms with Gasteiger partial charge in [0, 0.05) is 4.47 Å². The maximum atomic E-state index is 11.4. The monoisotopic (exact) mass is 358 g/mol. The van der Waals surface area contributed by atoms with Gasteiger partial charge >= 0.3 is 5.97 Å². The molecule has 0 radical (unpaired) electrons. The van der Waals surface area contributed by atoms with Gasteiger partial charge in [-0.25, -0.2) is 0 Å². The number of carbonyl (C=O) groups excluding carboxylic acids is 2. The second-order valence-corrected chi connectivity index (χ2v) is 4.92. The number of ether oxygens (including phenoxy) is 1. The molecule has 0 atom stereocenters. The van der Waals surface area contributed by atoms with Crippen molar-refractivity contribution < 1.29 is 24.2 Å². The van der Waals surface area contributed by atoms with Crippen molar-refractivity contribution in [2.24, 2.45) is 0 Å². The van der Waals surface area contributed by atoms with Crippen LogP contribution in [-0.4, -0.2) is 42.6 Å². The van der Waals surface area contributed by atoms with E-state index < -0.39 is 18.4 Å². The van der Waals surface area contributed by atoms with Crippen molar-refractivity contribution in [1.82, 2.24) is 10.6 Å². The largest absolute Gasteiger partial charge is 0.493 e. The van der Waals surface area contributed by atoms with Gasteiger partial charge in [-0.1, -0.05) is 22.0 Å². The second-order valence-electron chi connectivity index (χ2n) is 4.00. The lowest BCUT2D eigenvalue weighted by Gasteiger charge is -2.07. The summed E-state index contributed by atoms with van der Waals surface area (Å²) in [7, 11) is 0. The van der Waals surface area contributed by atoms with Crippen LogP contribution < -0.4 is 15.4 Å². The number of rotatable bonds is 8. The lowest BCUT2D eigenvalue weighted by molar-refractivity contribution is -0.137. The zero-order valence-electron chi connectivity index (χ0n) is 11.1. The first-order valence-electron chi connectivity index (χ1n) is 6.11. The Morgan fingerprint density at radius 2 is 1.86 bits per heavy atom. The van der Waals surface area contributed by atoms with E-state index in [0.717, 1.165) is 4.47 Å². The summed E-state index contributed by atoms with van der Waals surface area (Å²) in [5.41, 5.74) is 0. The molecule has 0 fully saturated rings. The van der Waals surface area contributed by atoms with E-state index in [1.807, 2.05) is 12.1 Å². The van der Waals surface area contributed by atoms with E-state index >= 15 is 0 Å². The number of halogens is 1. The molecule has 1 rings (SSSR count). The van der Waals surface area contributed by atoms with Gasteiger partial charge in [-0.15, -0.1) is 0 Å². The fourth-order valence-electron chi connectivity index (χ4n) is 1.32. The molecule has 0 heterocycles. The van der Waals surface area contributed by atoms with E-state index in [2.05, 4.69) is 26.6 Å². The minimum absolute atomic E-state index is 0.0960. The lowest BCUT2D eigenvalue weighted by Crippen LogP contribution is -2.39. The van der Waals surface area contributed by atoms with Gasteiger partial charge in [-0.05, 0) is 18.2 Å². The number of carboxylic acid groups (broad SMARTS) is 1. The lowest BCUT2D eigenvalue weighted by atomic mass is 10.3. The predicted molar refractivity (Wildman–Crippen MR) is 77.9 cm³/mol. The number of hydrogen-bond acceptors (Lipinski definition) is 4. The molecule has 0 unspecified atom stereocenters. The van der Waals surface area contributed by atoms with Crippen LogP contribution in [0.4, 0.5) is 0 Å². The molecule has 0 aromatic heterocycles. The van der Waals surface area contributed by atoms with Crippen molar-refractivity contribution in [3.05, 3.63) is 28.7 Å². The van der Waals surface area contributed by atoms with Crippen molar-refractivity contribution >= 4 is 33.7 Å². The van der Waals surface area contributed by atoms with Gasteiger partial charge in [0.15, 0.2) is 0 Å². The van der Waals surface area contributed by atoms with Crippen LogP contribution in [0.3, 0.4) is 0 Å². The maximum Gasteiger partial charge on any atom is 0.322 e. The quantitative estimate of drug-likeness (QED) is 0.628. The van der Waals surface area contributed by atoms with E-state index in [1.54, 1.807) is 12.1 Å². The Morgan fingerprint density at radius 3 is 2.52 bits per heavy atom. The van der Waals surface area contributed by atoms with Crippen molar-refractivity contribution in [3.8, 4) is 5.75 Å². The van der Waals surface area contributed by atoms with Crippen LogP contribution in [0.25, 0.3) is 0 Å². The third kappa shape index (κ3) is 7.93. The molecule has 1 aromatic rings. The number of carbonyl (C=O) groups is 3. The molecule has 0 saturated heterocycles. The fourth-order valence-corrected chi connectivity index (χ4v) is 1.70. The zero-order valence-corrected chi connectivity index (χ0v) is 12.7. The highest BCUT2D eigenvalue weighted by molar-refractivity contribution is 9.10. The van der Waals surface area contributed by atoms with Gasteiger partial charge in [0.2, 0.25) is 11.8 Å². The first-order chi connectivity index (χ1) is 9.97. The molecule has 3 N–H and O–H groups in total. The Balaban J connectivity index is 2.16. The van der Waals surface area contributed by atoms with Crippen LogP contribution in [0.1, 0.15) is 6.42 Å². The third-order valence-corrected chi connectivity index (χ3v) is 2.77. The number of amides is 2. The van der Waals surface area contributed by atoms with E-state index in [1.165, 1.54) is 0 Å². The van der Waals surface area contributed by atoms with Gasteiger partial charge in [-0.2, -0.15) is 0 Å². The van der Waals surface area contributed by atoms with E-state index in [9.17, 15) is 14.4 Å². The number of nitrogens with one attached hydrogen (secondary N) is 2. The highest BCUT2D eigenvalue weighted by atomic mass is 79.9. The van der Waals surface area contributed by atoms with Crippen LogP contribution >= 0.6 is 15.9 Å². The maximum absolute atomic E-state index is 11.4. The minimum atomic E-state index is -1.14. The van der Waals surface area contributed by atoms with Crippen molar-refractivity contribution in [2.45, 2.75) is 6.42 Å². The van der Waals surface area contributed by atoms with Crippen LogP contribution in [0.15, 0.2) is 28.7 Å². The summed E-state index contributed by atoms with van der Waals surface area (Å²) >= 11 is 3.30. The molecular formula is C13H15BrN2O5. The first kappa shape index (κ1) is 17.0. The van der Waals surface area contributed by atoms with Crippen LogP contribution in [0.5, 0.6) is 5.75 Å². The summed E-state index contributed by atoms with van der Waals surface area (Å²) < 4.78 is 6.25. The molecule has 0 bridgehead atoms. The van der Waals surface area contributed by atoms with Gasteiger partial charge in [0.1, 0.15) is 12.3 Å². The minimum Gasteiger partial charge on any atom is -0.493 e. The summed E-state index contributed by atoms with van der Waals surface area (Å²) in [6.45, 7) is -0.553. The Hall–Kier alpha value is -2.09. The number of aliphatic carboxylic acids is 1. The molecule has 7 nitrogen and oxygen atoms in total. The van der Waals surface area contributed by atoms with Gasteiger partial charge in [0.05, 0.1) is 19.6 Å². The third-order valence-electron chi connectivity index (χ3n) is 2.28. The van der Waals surface area contributed by atoms with Crippen molar-refractivity contribution in [2.75, 3.05) is 19.7 Å². The molecule has 2 amide bonds. The number of hydrogen-bond donors (Lipinski definition) is 3. The Labute approximate surface area is 129 Å². The SMILES string of the molecule is O=C(O)CNC(=O)CNC(=O)CCOc1cccc(Br)c1. The van der Waals surface area contributed by atoms with Gasteiger partial charge in [0.25, 0.3) is 0 Å². The normalized spacial score (nSPS) is 9.76. The molecule has 8 heteroatoms. The summed E-state index contributed by atoms with van der Waals surface area (Å²) in [5, 5.41) is 12.9. The molecular weight excluding hydrogens is 344 g/mol. The Morgan fingerprint density at radius 1 is 1.14 bits per heavy atom. The summed E-state index contributed by atoms with van der Waals surface area (Å²) in [6.07, 6.45) is 0.0960. The Kier molecular flexibility index (Phi) is 7.24. The molecule has 21 heavy (non-hydrogen) atoms. The van der Waals surface area contributed by atoms with Crippen molar-refractivity contribution in [3.63, 3.8) is 0 Å². The molecule has 0 aliphatic rings. The Bertz CT molecular complexity index is 521. The van der Waals surface area contributed by atoms with E-state index in [-0.39, 0.29) is 25.5 Å². The number of benzene rings is 1. The summed E-state index contributed by atoms with van der Waals surface area (Å²) in [5.74, 6) is -1.41. The van der Waals surface area contributed by atoms with E-state index in [0.29, 0.717) is 5.75 Å². The smallest absolute Gasteiger partial charge is 0.322 e. The van der Waals surface area contributed by atoms with Gasteiger partial charge < -0.3 is 20.5 Å². The topological polar surface area (TPSA) is 105 Å². The molecule has 114 valence electrons. The average molecular weight is 359 g/mol. The molecule has 0 aliphatic carbocycles. The highest BCUT2D eigenvalue weighted by Crippen LogP contribution is 2.17. The van der Waals surface area contributed by atoms with Crippen LogP contribution in [-0.2, 0) is 14.4 Å². The molecule has 1 aromatic carbocycles. The zero-order chi connectivity index (χ0) is 15.7. The second kappa shape index (κ2) is 8.96. The number of carboxylic acids is 1. The van der Waals surface area contributed by atoms with E-state index in [4.69, 9.17) is 9.84 Å². The average Bonchev–Trinajstić information content (AvgIpc) is 2.43.